The SMILES string of the molecule is CC(C)=CC(O)c1ccc(Cl)cc1. The predicted molar refractivity (Wildman–Crippen MR) is 55.8 cm³/mol. The Morgan fingerprint density at radius 1 is 1.31 bits per heavy atom. The monoisotopic (exact) mass is 196 g/mol. The number of aliphatic hydroxyl groups excluding tert-OH is 1. The van der Waals surface area contributed by atoms with E-state index in [1.807, 2.05) is 32.1 Å². The average Bonchev–Trinajstić information content (AvgIpc) is 2.04. The topological polar surface area (TPSA) is 20.2 Å². The van der Waals surface area contributed by atoms with E-state index in [1.54, 1.807) is 12.1 Å². The van der Waals surface area contributed by atoms with Crippen LogP contribution in [0.25, 0.3) is 0 Å². The Bertz CT molecular complexity index is 296. The third-order valence-electron chi connectivity index (χ3n) is 1.70. The first-order valence-electron chi connectivity index (χ1n) is 4.18. The summed E-state index contributed by atoms with van der Waals surface area (Å²) in [6.45, 7) is 3.91. The third kappa shape index (κ3) is 3.21. The molecule has 1 unspecified atom stereocenters. The van der Waals surface area contributed by atoms with Crippen LogP contribution >= 0.6 is 11.6 Å². The lowest BCUT2D eigenvalue weighted by atomic mass is 10.1. The van der Waals surface area contributed by atoms with Crippen LogP contribution in [0.5, 0.6) is 0 Å². The summed E-state index contributed by atoms with van der Waals surface area (Å²) in [5.74, 6) is 0. The first-order chi connectivity index (χ1) is 6.09. The van der Waals surface area contributed by atoms with E-state index in [2.05, 4.69) is 0 Å². The van der Waals surface area contributed by atoms with Gasteiger partial charge in [0, 0.05) is 5.02 Å². The zero-order valence-electron chi connectivity index (χ0n) is 7.79. The smallest absolute Gasteiger partial charge is 0.0974 e. The van der Waals surface area contributed by atoms with Gasteiger partial charge in [0.15, 0.2) is 0 Å². The fourth-order valence-corrected chi connectivity index (χ4v) is 1.20. The number of allylic oxidation sites excluding steroid dienone is 1. The van der Waals surface area contributed by atoms with Gasteiger partial charge in [0.25, 0.3) is 0 Å². The number of benzene rings is 1. The van der Waals surface area contributed by atoms with Crippen LogP contribution in [0.1, 0.15) is 25.5 Å². The van der Waals surface area contributed by atoms with Gasteiger partial charge in [-0.15, -0.1) is 0 Å². The molecule has 1 aromatic carbocycles. The average molecular weight is 197 g/mol. The van der Waals surface area contributed by atoms with Crippen molar-refractivity contribution in [3.63, 3.8) is 0 Å². The molecule has 1 rings (SSSR count). The standard InChI is InChI=1S/C11H13ClO/c1-8(2)7-11(13)9-3-5-10(12)6-4-9/h3-7,11,13H,1-2H3. The van der Waals surface area contributed by atoms with E-state index in [0.29, 0.717) is 5.02 Å². The first kappa shape index (κ1) is 10.3. The molecule has 0 fully saturated rings. The fraction of sp³-hybridized carbons (Fsp3) is 0.273. The van der Waals surface area contributed by atoms with E-state index < -0.39 is 6.10 Å². The minimum atomic E-state index is -0.526. The van der Waals surface area contributed by atoms with Crippen molar-refractivity contribution in [1.29, 1.82) is 0 Å². The Morgan fingerprint density at radius 2 is 1.85 bits per heavy atom. The highest BCUT2D eigenvalue weighted by Gasteiger charge is 2.02. The molecule has 0 aliphatic heterocycles. The number of hydrogen-bond acceptors (Lipinski definition) is 1. The van der Waals surface area contributed by atoms with Crippen molar-refractivity contribution in [2.75, 3.05) is 0 Å². The summed E-state index contributed by atoms with van der Waals surface area (Å²) in [7, 11) is 0. The Morgan fingerprint density at radius 3 is 2.31 bits per heavy atom. The summed E-state index contributed by atoms with van der Waals surface area (Å²) in [4.78, 5) is 0. The summed E-state index contributed by atoms with van der Waals surface area (Å²) in [5, 5.41) is 10.4. The van der Waals surface area contributed by atoms with Gasteiger partial charge in [0.1, 0.15) is 0 Å². The van der Waals surface area contributed by atoms with Gasteiger partial charge >= 0.3 is 0 Å². The van der Waals surface area contributed by atoms with Crippen LogP contribution in [0.15, 0.2) is 35.9 Å². The van der Waals surface area contributed by atoms with Gasteiger partial charge in [-0.1, -0.05) is 35.4 Å². The molecule has 1 N–H and O–H groups in total. The molecule has 0 aromatic heterocycles. The van der Waals surface area contributed by atoms with E-state index in [0.717, 1.165) is 11.1 Å². The lowest BCUT2D eigenvalue weighted by Gasteiger charge is -2.06. The van der Waals surface area contributed by atoms with Crippen LogP contribution in [-0.2, 0) is 0 Å². The van der Waals surface area contributed by atoms with Crippen LogP contribution in [0.2, 0.25) is 5.02 Å². The van der Waals surface area contributed by atoms with E-state index >= 15 is 0 Å². The van der Waals surface area contributed by atoms with E-state index in [1.165, 1.54) is 0 Å². The second-order valence-electron chi connectivity index (χ2n) is 3.24. The van der Waals surface area contributed by atoms with Gasteiger partial charge in [-0.25, -0.2) is 0 Å². The highest BCUT2D eigenvalue weighted by atomic mass is 35.5. The summed E-state index contributed by atoms with van der Waals surface area (Å²) >= 11 is 5.73. The Kier molecular flexibility index (Phi) is 3.52. The molecule has 1 nitrogen and oxygen atoms in total. The number of hydrogen-bond donors (Lipinski definition) is 1. The van der Waals surface area contributed by atoms with Gasteiger partial charge < -0.3 is 5.11 Å². The number of rotatable bonds is 2. The molecule has 1 aromatic rings. The van der Waals surface area contributed by atoms with Crippen molar-refractivity contribution in [2.45, 2.75) is 20.0 Å². The van der Waals surface area contributed by atoms with Crippen LogP contribution in [0.3, 0.4) is 0 Å². The zero-order valence-corrected chi connectivity index (χ0v) is 8.55. The molecule has 1 atom stereocenters. The van der Waals surface area contributed by atoms with Crippen molar-refractivity contribution in [3.05, 3.63) is 46.5 Å². The van der Waals surface area contributed by atoms with Crippen molar-refractivity contribution in [3.8, 4) is 0 Å². The molecule has 0 saturated heterocycles. The molecule has 0 radical (unpaired) electrons. The Labute approximate surface area is 83.7 Å². The maximum Gasteiger partial charge on any atom is 0.0974 e. The van der Waals surface area contributed by atoms with Crippen molar-refractivity contribution < 1.29 is 5.11 Å². The molecule has 0 aliphatic rings. The van der Waals surface area contributed by atoms with Gasteiger partial charge in [0.2, 0.25) is 0 Å². The lowest BCUT2D eigenvalue weighted by Crippen LogP contribution is -1.92. The molecule has 13 heavy (non-hydrogen) atoms. The summed E-state index contributed by atoms with van der Waals surface area (Å²) < 4.78 is 0. The first-order valence-corrected chi connectivity index (χ1v) is 4.56. The summed E-state index contributed by atoms with van der Waals surface area (Å²) in [5.41, 5.74) is 1.97. The minimum absolute atomic E-state index is 0.526. The molecular formula is C11H13ClO. The Balaban J connectivity index is 2.83. The summed E-state index contributed by atoms with van der Waals surface area (Å²) in [6.07, 6.45) is 1.28. The molecule has 0 heterocycles. The maximum atomic E-state index is 9.66. The molecule has 0 amide bonds. The van der Waals surface area contributed by atoms with Crippen molar-refractivity contribution in [1.82, 2.24) is 0 Å². The molecular weight excluding hydrogens is 184 g/mol. The lowest BCUT2D eigenvalue weighted by molar-refractivity contribution is 0.227. The summed E-state index contributed by atoms with van der Waals surface area (Å²) in [6, 6.07) is 7.21. The van der Waals surface area contributed by atoms with Crippen LogP contribution in [0, 0.1) is 0 Å². The quantitative estimate of drug-likeness (QED) is 0.720. The third-order valence-corrected chi connectivity index (χ3v) is 1.95. The normalized spacial score (nSPS) is 12.3. The molecule has 0 spiro atoms. The molecule has 70 valence electrons. The van der Waals surface area contributed by atoms with Gasteiger partial charge in [-0.05, 0) is 31.5 Å². The van der Waals surface area contributed by atoms with E-state index in [4.69, 9.17) is 11.6 Å². The largest absolute Gasteiger partial charge is 0.384 e. The van der Waals surface area contributed by atoms with E-state index in [9.17, 15) is 5.11 Å². The van der Waals surface area contributed by atoms with Gasteiger partial charge in [-0.3, -0.25) is 0 Å². The van der Waals surface area contributed by atoms with Crippen molar-refractivity contribution in [2.24, 2.45) is 0 Å². The molecule has 0 saturated carbocycles. The van der Waals surface area contributed by atoms with Gasteiger partial charge in [0.05, 0.1) is 6.10 Å². The second-order valence-corrected chi connectivity index (χ2v) is 3.68. The Hall–Kier alpha value is -0.790. The second kappa shape index (κ2) is 4.45. The fourth-order valence-electron chi connectivity index (χ4n) is 1.07. The minimum Gasteiger partial charge on any atom is -0.384 e. The highest BCUT2D eigenvalue weighted by Crippen LogP contribution is 2.18. The number of halogens is 1. The molecule has 0 bridgehead atoms. The zero-order chi connectivity index (χ0) is 9.84. The van der Waals surface area contributed by atoms with Crippen LogP contribution in [0.4, 0.5) is 0 Å². The molecule has 0 aliphatic carbocycles. The van der Waals surface area contributed by atoms with Crippen LogP contribution < -0.4 is 0 Å². The maximum absolute atomic E-state index is 9.66. The van der Waals surface area contributed by atoms with E-state index in [-0.39, 0.29) is 0 Å². The van der Waals surface area contributed by atoms with Crippen molar-refractivity contribution >= 4 is 11.6 Å². The molecule has 2 heteroatoms. The van der Waals surface area contributed by atoms with Crippen LogP contribution in [-0.4, -0.2) is 5.11 Å². The van der Waals surface area contributed by atoms with Gasteiger partial charge in [-0.2, -0.15) is 0 Å². The number of aliphatic hydroxyl groups is 1. The highest BCUT2D eigenvalue weighted by molar-refractivity contribution is 6.30. The predicted octanol–water partition coefficient (Wildman–Crippen LogP) is 3.34.